The van der Waals surface area contributed by atoms with Gasteiger partial charge in [-0.25, -0.2) is 0 Å². The average molecular weight is 269 g/mol. The third kappa shape index (κ3) is 4.00. The number of rotatable bonds is 6. The number of carboxylic acid groups (broad SMARTS) is 1. The Morgan fingerprint density at radius 2 is 2.47 bits per heavy atom. The maximum Gasteiger partial charge on any atom is 0.307 e. The molecule has 1 atom stereocenters. The van der Waals surface area contributed by atoms with Crippen LogP contribution in [0, 0.1) is 5.92 Å². The topological polar surface area (TPSA) is 88.7 Å². The van der Waals surface area contributed by atoms with Gasteiger partial charge in [-0.2, -0.15) is 4.98 Å². The first-order valence-corrected chi connectivity index (χ1v) is 6.44. The van der Waals surface area contributed by atoms with E-state index in [1.54, 1.807) is 7.11 Å². The van der Waals surface area contributed by atoms with Gasteiger partial charge in [0, 0.05) is 20.1 Å². The number of ether oxygens (including phenoxy) is 1. The summed E-state index contributed by atoms with van der Waals surface area (Å²) in [7, 11) is 1.63. The Hall–Kier alpha value is -1.47. The van der Waals surface area contributed by atoms with Crippen molar-refractivity contribution >= 4 is 5.97 Å². The van der Waals surface area contributed by atoms with Crippen LogP contribution in [0.2, 0.25) is 0 Å². The van der Waals surface area contributed by atoms with E-state index in [-0.39, 0.29) is 5.92 Å². The average Bonchev–Trinajstić information content (AvgIpc) is 2.84. The molecule has 1 aliphatic rings. The first-order chi connectivity index (χ1) is 9.19. The molecule has 0 amide bonds. The molecule has 7 heteroatoms. The molecule has 0 saturated carbocycles. The Bertz CT molecular complexity index is 421. The fraction of sp³-hybridized carbons (Fsp3) is 0.750. The quantitative estimate of drug-likeness (QED) is 0.806. The van der Waals surface area contributed by atoms with Crippen LogP contribution < -0.4 is 0 Å². The standard InChI is InChI=1S/C12H19N3O4/c1-18-6-4-10-13-11(19-14-10)8-15-5-2-3-9(7-15)12(16)17/h9H,2-8H2,1H3,(H,16,17). The van der Waals surface area contributed by atoms with Crippen LogP contribution >= 0.6 is 0 Å². The highest BCUT2D eigenvalue weighted by atomic mass is 16.5. The van der Waals surface area contributed by atoms with E-state index in [9.17, 15) is 4.79 Å². The number of likely N-dealkylation sites (tertiary alicyclic amines) is 1. The van der Waals surface area contributed by atoms with Crippen molar-refractivity contribution in [3.63, 3.8) is 0 Å². The van der Waals surface area contributed by atoms with Gasteiger partial charge in [0.25, 0.3) is 0 Å². The van der Waals surface area contributed by atoms with E-state index in [1.165, 1.54) is 0 Å². The molecule has 0 aliphatic carbocycles. The van der Waals surface area contributed by atoms with Crippen LogP contribution in [0.4, 0.5) is 0 Å². The number of piperidine rings is 1. The Labute approximate surface area is 111 Å². The normalized spacial score (nSPS) is 20.6. The number of hydrogen-bond donors (Lipinski definition) is 1. The summed E-state index contributed by atoms with van der Waals surface area (Å²) in [5.74, 6) is 0.154. The van der Waals surface area contributed by atoms with Crippen molar-refractivity contribution in [2.45, 2.75) is 25.8 Å². The zero-order valence-electron chi connectivity index (χ0n) is 11.0. The van der Waals surface area contributed by atoms with Crippen molar-refractivity contribution in [1.82, 2.24) is 15.0 Å². The van der Waals surface area contributed by atoms with E-state index in [0.717, 1.165) is 19.4 Å². The van der Waals surface area contributed by atoms with Gasteiger partial charge < -0.3 is 14.4 Å². The van der Waals surface area contributed by atoms with Gasteiger partial charge in [-0.3, -0.25) is 9.69 Å². The minimum Gasteiger partial charge on any atom is -0.481 e. The monoisotopic (exact) mass is 269 g/mol. The highest BCUT2D eigenvalue weighted by Crippen LogP contribution is 2.18. The lowest BCUT2D eigenvalue weighted by Crippen LogP contribution is -2.38. The summed E-state index contributed by atoms with van der Waals surface area (Å²) in [5, 5.41) is 12.9. The molecule has 0 aromatic carbocycles. The number of carbonyl (C=O) groups is 1. The van der Waals surface area contributed by atoms with Crippen molar-refractivity contribution in [1.29, 1.82) is 0 Å². The Kier molecular flexibility index (Phi) is 4.86. The zero-order chi connectivity index (χ0) is 13.7. The van der Waals surface area contributed by atoms with Crippen LogP contribution in [0.15, 0.2) is 4.52 Å². The molecule has 1 unspecified atom stereocenters. The molecule has 1 aromatic heterocycles. The molecule has 1 N–H and O–H groups in total. The highest BCUT2D eigenvalue weighted by molar-refractivity contribution is 5.70. The van der Waals surface area contributed by atoms with Gasteiger partial charge in [0.05, 0.1) is 19.1 Å². The van der Waals surface area contributed by atoms with Crippen LogP contribution in [-0.2, 0) is 22.5 Å². The zero-order valence-corrected chi connectivity index (χ0v) is 11.0. The molecular weight excluding hydrogens is 250 g/mol. The Balaban J connectivity index is 1.86. The number of carboxylic acids is 1. The van der Waals surface area contributed by atoms with Crippen molar-refractivity contribution < 1.29 is 19.2 Å². The first-order valence-electron chi connectivity index (χ1n) is 6.44. The van der Waals surface area contributed by atoms with Crippen LogP contribution in [-0.4, -0.2) is 52.9 Å². The minimum absolute atomic E-state index is 0.287. The first kappa shape index (κ1) is 14.0. The smallest absolute Gasteiger partial charge is 0.307 e. The van der Waals surface area contributed by atoms with Gasteiger partial charge in [-0.05, 0) is 19.4 Å². The second-order valence-corrected chi connectivity index (χ2v) is 4.76. The fourth-order valence-electron chi connectivity index (χ4n) is 2.24. The van der Waals surface area contributed by atoms with E-state index >= 15 is 0 Å². The molecule has 0 radical (unpaired) electrons. The highest BCUT2D eigenvalue weighted by Gasteiger charge is 2.26. The number of nitrogens with zero attached hydrogens (tertiary/aromatic N) is 3. The largest absolute Gasteiger partial charge is 0.481 e. The summed E-state index contributed by atoms with van der Waals surface area (Å²) in [6, 6.07) is 0. The molecule has 0 spiro atoms. The third-order valence-corrected chi connectivity index (χ3v) is 3.25. The lowest BCUT2D eigenvalue weighted by atomic mass is 9.98. The fourth-order valence-corrected chi connectivity index (χ4v) is 2.24. The van der Waals surface area contributed by atoms with Crippen LogP contribution in [0.1, 0.15) is 24.6 Å². The van der Waals surface area contributed by atoms with Crippen LogP contribution in [0.5, 0.6) is 0 Å². The van der Waals surface area contributed by atoms with Gasteiger partial charge >= 0.3 is 5.97 Å². The van der Waals surface area contributed by atoms with Crippen molar-refractivity contribution in [2.24, 2.45) is 5.92 Å². The summed E-state index contributed by atoms with van der Waals surface area (Å²) in [6.45, 7) is 2.50. The van der Waals surface area contributed by atoms with Gasteiger partial charge in [0.1, 0.15) is 0 Å². The molecule has 7 nitrogen and oxygen atoms in total. The summed E-state index contributed by atoms with van der Waals surface area (Å²) >= 11 is 0. The van der Waals surface area contributed by atoms with Crippen LogP contribution in [0.25, 0.3) is 0 Å². The Morgan fingerprint density at radius 3 is 3.21 bits per heavy atom. The molecule has 19 heavy (non-hydrogen) atoms. The van der Waals surface area contributed by atoms with E-state index < -0.39 is 5.97 Å². The molecule has 1 aliphatic heterocycles. The SMILES string of the molecule is COCCc1noc(CN2CCCC(C(=O)O)C2)n1. The predicted octanol–water partition coefficient (Wildman–Crippen LogP) is 0.555. The Morgan fingerprint density at radius 1 is 1.63 bits per heavy atom. The van der Waals surface area contributed by atoms with Gasteiger partial charge in [-0.1, -0.05) is 5.16 Å². The lowest BCUT2D eigenvalue weighted by Gasteiger charge is -2.29. The van der Waals surface area contributed by atoms with Crippen LogP contribution in [0.3, 0.4) is 0 Å². The molecule has 1 fully saturated rings. The summed E-state index contributed by atoms with van der Waals surface area (Å²) in [6.07, 6.45) is 2.26. The second-order valence-electron chi connectivity index (χ2n) is 4.76. The van der Waals surface area contributed by atoms with E-state index in [4.69, 9.17) is 14.4 Å². The third-order valence-electron chi connectivity index (χ3n) is 3.25. The maximum atomic E-state index is 11.0. The number of aliphatic carboxylic acids is 1. The summed E-state index contributed by atoms with van der Waals surface area (Å²) < 4.78 is 10.1. The van der Waals surface area contributed by atoms with Crippen molar-refractivity contribution in [3.8, 4) is 0 Å². The summed E-state index contributed by atoms with van der Waals surface area (Å²) in [4.78, 5) is 17.3. The molecular formula is C12H19N3O4. The van der Waals surface area contributed by atoms with Crippen molar-refractivity contribution in [3.05, 3.63) is 11.7 Å². The van der Waals surface area contributed by atoms with Gasteiger partial charge in [-0.15, -0.1) is 0 Å². The molecule has 2 rings (SSSR count). The van der Waals surface area contributed by atoms with Gasteiger partial charge in [0.2, 0.25) is 5.89 Å². The summed E-state index contributed by atoms with van der Waals surface area (Å²) in [5.41, 5.74) is 0. The van der Waals surface area contributed by atoms with Gasteiger partial charge in [0.15, 0.2) is 5.82 Å². The lowest BCUT2D eigenvalue weighted by molar-refractivity contribution is -0.143. The number of hydrogen-bond acceptors (Lipinski definition) is 6. The minimum atomic E-state index is -0.726. The maximum absolute atomic E-state index is 11.0. The number of aromatic nitrogens is 2. The second kappa shape index (κ2) is 6.63. The number of methoxy groups -OCH3 is 1. The predicted molar refractivity (Wildman–Crippen MR) is 65.5 cm³/mol. The van der Waals surface area contributed by atoms with Crippen molar-refractivity contribution in [2.75, 3.05) is 26.8 Å². The van der Waals surface area contributed by atoms with E-state index in [2.05, 4.69) is 15.0 Å². The molecule has 106 valence electrons. The molecule has 1 saturated heterocycles. The van der Waals surface area contributed by atoms with E-state index in [0.29, 0.717) is 37.8 Å². The molecule has 0 bridgehead atoms. The molecule has 2 heterocycles. The molecule has 1 aromatic rings. The van der Waals surface area contributed by atoms with E-state index in [1.807, 2.05) is 0 Å².